The van der Waals surface area contributed by atoms with Crippen LogP contribution in [0.25, 0.3) is 0 Å². The Balaban J connectivity index is 2.05. The van der Waals surface area contributed by atoms with Crippen molar-refractivity contribution in [2.75, 3.05) is 6.61 Å². The second-order valence-corrected chi connectivity index (χ2v) is 7.73. The Bertz CT molecular complexity index is 518. The summed E-state index contributed by atoms with van der Waals surface area (Å²) in [5.41, 5.74) is 6.39. The molecule has 0 aliphatic heterocycles. The van der Waals surface area contributed by atoms with Crippen LogP contribution in [-0.2, 0) is 11.2 Å². The van der Waals surface area contributed by atoms with Gasteiger partial charge >= 0.3 is 5.97 Å². The Morgan fingerprint density at radius 1 is 0.964 bits per heavy atom. The third-order valence-corrected chi connectivity index (χ3v) is 5.03. The zero-order valence-electron chi connectivity index (χ0n) is 17.4. The number of ether oxygens (including phenoxy) is 1. The van der Waals surface area contributed by atoms with Gasteiger partial charge in [0.1, 0.15) is 18.4 Å². The normalized spacial score (nSPS) is 13.2. The van der Waals surface area contributed by atoms with E-state index in [2.05, 4.69) is 6.92 Å². The van der Waals surface area contributed by atoms with Gasteiger partial charge in [-0.15, -0.1) is 0 Å². The minimum absolute atomic E-state index is 0.283. The third-order valence-electron chi connectivity index (χ3n) is 5.03. The van der Waals surface area contributed by atoms with Crippen LogP contribution in [0, 0.1) is 0 Å². The summed E-state index contributed by atoms with van der Waals surface area (Å²) in [7, 11) is 0. The van der Waals surface area contributed by atoms with Gasteiger partial charge in [-0.3, -0.25) is 4.79 Å². The average Bonchev–Trinajstić information content (AvgIpc) is 2.68. The largest absolute Gasteiger partial charge is 0.491 e. The minimum atomic E-state index is -1.00. The van der Waals surface area contributed by atoms with E-state index in [1.165, 1.54) is 57.8 Å². The van der Waals surface area contributed by atoms with Crippen LogP contribution < -0.4 is 10.5 Å². The predicted molar refractivity (Wildman–Crippen MR) is 114 cm³/mol. The van der Waals surface area contributed by atoms with Crippen molar-refractivity contribution >= 4 is 5.97 Å². The molecule has 0 spiro atoms. The summed E-state index contributed by atoms with van der Waals surface area (Å²) in [6, 6.07) is 6.31. The molecule has 5 heteroatoms. The van der Waals surface area contributed by atoms with Crippen LogP contribution in [0.3, 0.4) is 0 Å². The van der Waals surface area contributed by atoms with Crippen LogP contribution in [0.2, 0.25) is 0 Å². The van der Waals surface area contributed by atoms with Crippen LogP contribution in [0.5, 0.6) is 5.75 Å². The number of hydrogen-bond acceptors (Lipinski definition) is 4. The molecule has 4 N–H and O–H groups in total. The molecule has 0 fully saturated rings. The van der Waals surface area contributed by atoms with Crippen molar-refractivity contribution < 1.29 is 19.7 Å². The zero-order valence-corrected chi connectivity index (χ0v) is 17.4. The van der Waals surface area contributed by atoms with E-state index in [1.54, 1.807) is 12.1 Å². The highest BCUT2D eigenvalue weighted by Crippen LogP contribution is 2.15. The third kappa shape index (κ3) is 12.0. The van der Waals surface area contributed by atoms with Crippen molar-refractivity contribution in [3.05, 3.63) is 29.8 Å². The summed E-state index contributed by atoms with van der Waals surface area (Å²) < 4.78 is 5.62. The molecule has 0 amide bonds. The first-order chi connectivity index (χ1) is 13.5. The van der Waals surface area contributed by atoms with E-state index in [0.717, 1.165) is 18.4 Å². The highest BCUT2D eigenvalue weighted by Gasteiger charge is 2.12. The molecule has 0 aromatic heterocycles. The van der Waals surface area contributed by atoms with E-state index < -0.39 is 18.1 Å². The number of aliphatic hydroxyl groups is 1. The number of carboxylic acids is 1. The molecule has 0 aliphatic rings. The molecule has 0 bridgehead atoms. The Labute approximate surface area is 170 Å². The van der Waals surface area contributed by atoms with Crippen LogP contribution in [0.1, 0.15) is 83.1 Å². The molecular weight excluding hydrogens is 354 g/mol. The number of carboxylic acid groups (broad SMARTS) is 1. The van der Waals surface area contributed by atoms with Gasteiger partial charge in [0.2, 0.25) is 0 Å². The maximum absolute atomic E-state index is 10.8. The molecule has 0 aliphatic carbocycles. The number of nitrogens with two attached hydrogens (primary N) is 1. The number of hydrogen-bond donors (Lipinski definition) is 3. The van der Waals surface area contributed by atoms with Gasteiger partial charge in [0, 0.05) is 0 Å². The number of benzene rings is 1. The molecule has 0 saturated heterocycles. The van der Waals surface area contributed by atoms with E-state index in [0.29, 0.717) is 5.75 Å². The molecule has 160 valence electrons. The first kappa shape index (κ1) is 24.4. The first-order valence-electron chi connectivity index (χ1n) is 10.9. The lowest BCUT2D eigenvalue weighted by Crippen LogP contribution is -2.32. The van der Waals surface area contributed by atoms with Gasteiger partial charge in [0.15, 0.2) is 0 Å². The Kier molecular flexibility index (Phi) is 13.4. The van der Waals surface area contributed by atoms with Crippen molar-refractivity contribution in [2.45, 2.75) is 96.1 Å². The van der Waals surface area contributed by atoms with Crippen LogP contribution in [0.4, 0.5) is 0 Å². The fraction of sp³-hybridized carbons (Fsp3) is 0.696. The Hall–Kier alpha value is -1.59. The topological polar surface area (TPSA) is 92.8 Å². The lowest BCUT2D eigenvalue weighted by molar-refractivity contribution is -0.138. The predicted octanol–water partition coefficient (Wildman–Crippen LogP) is 4.69. The second kappa shape index (κ2) is 15.3. The maximum atomic E-state index is 10.8. The molecule has 1 aromatic rings. The van der Waals surface area contributed by atoms with Gasteiger partial charge in [-0.2, -0.15) is 0 Å². The van der Waals surface area contributed by atoms with Crippen molar-refractivity contribution in [1.29, 1.82) is 0 Å². The summed E-state index contributed by atoms with van der Waals surface area (Å²) in [5, 5.41) is 18.9. The fourth-order valence-electron chi connectivity index (χ4n) is 3.21. The van der Waals surface area contributed by atoms with Crippen molar-refractivity contribution in [2.24, 2.45) is 5.73 Å². The summed E-state index contributed by atoms with van der Waals surface area (Å²) >= 11 is 0. The molecule has 1 rings (SSSR count). The summed E-state index contributed by atoms with van der Waals surface area (Å²) in [6.07, 6.45) is 13.5. The molecule has 0 heterocycles. The fourth-order valence-corrected chi connectivity index (χ4v) is 3.21. The van der Waals surface area contributed by atoms with Gasteiger partial charge in [0.05, 0.1) is 6.10 Å². The molecule has 1 aromatic carbocycles. The first-order valence-corrected chi connectivity index (χ1v) is 10.9. The van der Waals surface area contributed by atoms with E-state index >= 15 is 0 Å². The number of unbranched alkanes of at least 4 members (excludes halogenated alkanes) is 9. The monoisotopic (exact) mass is 393 g/mol. The van der Waals surface area contributed by atoms with Gasteiger partial charge in [-0.1, -0.05) is 83.3 Å². The van der Waals surface area contributed by atoms with Gasteiger partial charge in [0.25, 0.3) is 0 Å². The van der Waals surface area contributed by atoms with Crippen LogP contribution in [0.15, 0.2) is 24.3 Å². The van der Waals surface area contributed by atoms with E-state index in [4.69, 9.17) is 15.6 Å². The van der Waals surface area contributed by atoms with Crippen LogP contribution >= 0.6 is 0 Å². The lowest BCUT2D eigenvalue weighted by Gasteiger charge is -2.13. The Morgan fingerprint density at radius 2 is 1.50 bits per heavy atom. The molecule has 28 heavy (non-hydrogen) atoms. The Morgan fingerprint density at radius 3 is 2.04 bits per heavy atom. The molecule has 0 saturated carbocycles. The number of aliphatic hydroxyl groups excluding tert-OH is 1. The van der Waals surface area contributed by atoms with Gasteiger partial charge in [-0.05, 0) is 30.5 Å². The average molecular weight is 394 g/mol. The SMILES string of the molecule is CCCCCCCCCCCCC(O)COc1ccc(C[C@H](N)C(=O)O)cc1. The smallest absolute Gasteiger partial charge is 0.320 e. The lowest BCUT2D eigenvalue weighted by atomic mass is 10.0. The van der Waals surface area contributed by atoms with Crippen molar-refractivity contribution in [3.8, 4) is 5.75 Å². The number of carbonyl (C=O) groups is 1. The van der Waals surface area contributed by atoms with Gasteiger partial charge in [-0.25, -0.2) is 0 Å². The highest BCUT2D eigenvalue weighted by molar-refractivity contribution is 5.73. The van der Waals surface area contributed by atoms with Crippen LogP contribution in [-0.4, -0.2) is 34.9 Å². The number of aliphatic carboxylic acids is 1. The molecule has 5 nitrogen and oxygen atoms in total. The quantitative estimate of drug-likeness (QED) is 0.334. The summed E-state index contributed by atoms with van der Waals surface area (Å²) in [4.78, 5) is 10.8. The van der Waals surface area contributed by atoms with Crippen molar-refractivity contribution in [3.63, 3.8) is 0 Å². The summed E-state index contributed by atoms with van der Waals surface area (Å²) in [6.45, 7) is 2.53. The molecule has 0 radical (unpaired) electrons. The van der Waals surface area contributed by atoms with Crippen molar-refractivity contribution in [1.82, 2.24) is 0 Å². The summed E-state index contributed by atoms with van der Waals surface area (Å²) in [5.74, 6) is -0.329. The number of rotatable bonds is 17. The molecular formula is C23H39NO4. The van der Waals surface area contributed by atoms with E-state index in [1.807, 2.05) is 12.1 Å². The molecule has 1 unspecified atom stereocenters. The molecule has 2 atom stereocenters. The van der Waals surface area contributed by atoms with E-state index in [-0.39, 0.29) is 13.0 Å². The zero-order chi connectivity index (χ0) is 20.6. The minimum Gasteiger partial charge on any atom is -0.491 e. The highest BCUT2D eigenvalue weighted by atomic mass is 16.5. The van der Waals surface area contributed by atoms with Gasteiger partial charge < -0.3 is 20.7 Å². The second-order valence-electron chi connectivity index (χ2n) is 7.73. The standard InChI is InChI=1S/C23H39NO4/c1-2-3-4-5-6-7-8-9-10-11-12-20(25)18-28-21-15-13-19(14-16-21)17-22(24)23(26)27/h13-16,20,22,25H,2-12,17-18,24H2,1H3,(H,26,27)/t20?,22-/m0/s1. The van der Waals surface area contributed by atoms with E-state index in [9.17, 15) is 9.90 Å². The maximum Gasteiger partial charge on any atom is 0.320 e.